The van der Waals surface area contributed by atoms with Gasteiger partial charge in [-0.05, 0) is 56.2 Å². The van der Waals surface area contributed by atoms with Crippen LogP contribution in [0.5, 0.6) is 0 Å². The molecule has 0 saturated carbocycles. The van der Waals surface area contributed by atoms with Gasteiger partial charge in [-0.15, -0.1) is 0 Å². The molecule has 8 heteroatoms. The van der Waals surface area contributed by atoms with Crippen molar-refractivity contribution in [3.05, 3.63) is 76.7 Å². The fourth-order valence-corrected chi connectivity index (χ4v) is 4.75. The third-order valence-corrected chi connectivity index (χ3v) is 6.63. The minimum absolute atomic E-state index is 0.0381. The van der Waals surface area contributed by atoms with Crippen LogP contribution in [-0.2, 0) is 6.42 Å². The van der Waals surface area contributed by atoms with E-state index in [9.17, 15) is 4.79 Å². The van der Waals surface area contributed by atoms with Gasteiger partial charge >= 0.3 is 0 Å². The minimum atomic E-state index is 0.0381. The van der Waals surface area contributed by atoms with E-state index in [0.717, 1.165) is 59.9 Å². The maximum Gasteiger partial charge on any atom is 0.253 e. The summed E-state index contributed by atoms with van der Waals surface area (Å²) >= 11 is 6.00. The van der Waals surface area contributed by atoms with Gasteiger partial charge in [0.2, 0.25) is 0 Å². The average molecular weight is 489 g/mol. The largest absolute Gasteiger partial charge is 0.354 e. The molecule has 0 spiro atoms. The topological polar surface area (TPSA) is 67.2 Å². The van der Waals surface area contributed by atoms with E-state index in [2.05, 4.69) is 11.8 Å². The fraction of sp³-hybridized carbons (Fsp3) is 0.333. The molecule has 1 amide bonds. The van der Waals surface area contributed by atoms with E-state index < -0.39 is 0 Å². The Balaban J connectivity index is 1.48. The van der Waals surface area contributed by atoms with E-state index in [1.54, 1.807) is 24.3 Å². The predicted molar refractivity (Wildman–Crippen MR) is 140 cm³/mol. The first-order valence-corrected chi connectivity index (χ1v) is 12.5. The number of benzene rings is 2. The van der Waals surface area contributed by atoms with E-state index in [1.807, 2.05) is 46.8 Å². The molecule has 1 saturated heterocycles. The summed E-state index contributed by atoms with van der Waals surface area (Å²) in [5, 5.41) is 6.45. The standard InChI is InChI=1S/C27H29ClN6O/c1-3-8-23-29-25(24-19(2)31-34(26(24)30-23)22-9-5-4-6-10-22)32-15-7-16-33(18-17-32)27(35)20-11-13-21(28)14-12-20/h4-6,9-14H,3,7-8,15-18H2,1-2H3. The van der Waals surface area contributed by atoms with Crippen molar-refractivity contribution >= 4 is 34.4 Å². The van der Waals surface area contributed by atoms with Gasteiger partial charge in [-0.1, -0.05) is 36.7 Å². The number of hydrogen-bond acceptors (Lipinski definition) is 5. The zero-order chi connectivity index (χ0) is 24.4. The van der Waals surface area contributed by atoms with Crippen LogP contribution in [0.15, 0.2) is 54.6 Å². The summed E-state index contributed by atoms with van der Waals surface area (Å²) in [7, 11) is 0. The van der Waals surface area contributed by atoms with Gasteiger partial charge in [-0.25, -0.2) is 14.6 Å². The molecule has 5 rings (SSSR count). The number of fused-ring (bicyclic) bond motifs is 1. The van der Waals surface area contributed by atoms with Crippen LogP contribution in [0.1, 0.15) is 41.6 Å². The zero-order valence-corrected chi connectivity index (χ0v) is 20.9. The Labute approximate surface area is 210 Å². The van der Waals surface area contributed by atoms with Crippen LogP contribution in [-0.4, -0.2) is 56.7 Å². The second kappa shape index (κ2) is 10.0. The maximum atomic E-state index is 13.1. The lowest BCUT2D eigenvalue weighted by molar-refractivity contribution is 0.0767. The van der Waals surface area contributed by atoms with Gasteiger partial charge in [0.05, 0.1) is 16.8 Å². The molecule has 1 aliphatic heterocycles. The SMILES string of the molecule is CCCc1nc(N2CCCN(C(=O)c3ccc(Cl)cc3)CC2)c2c(C)nn(-c3ccccc3)c2n1. The summed E-state index contributed by atoms with van der Waals surface area (Å²) in [6.45, 7) is 7.00. The molecule has 1 fully saturated rings. The molecule has 4 aromatic rings. The van der Waals surface area contributed by atoms with Gasteiger partial charge < -0.3 is 9.80 Å². The van der Waals surface area contributed by atoms with Gasteiger partial charge in [0, 0.05) is 43.2 Å². The third kappa shape index (κ3) is 4.73. The summed E-state index contributed by atoms with van der Waals surface area (Å²) in [5.74, 6) is 1.78. The van der Waals surface area contributed by atoms with Crippen LogP contribution in [0.4, 0.5) is 5.82 Å². The van der Waals surface area contributed by atoms with Gasteiger partial charge in [-0.3, -0.25) is 4.79 Å². The van der Waals surface area contributed by atoms with E-state index in [0.29, 0.717) is 30.2 Å². The number of aryl methyl sites for hydroxylation is 2. The number of aromatic nitrogens is 4. The lowest BCUT2D eigenvalue weighted by Crippen LogP contribution is -2.35. The molecular weight excluding hydrogens is 460 g/mol. The van der Waals surface area contributed by atoms with E-state index >= 15 is 0 Å². The number of halogens is 1. The average Bonchev–Trinajstić information content (AvgIpc) is 3.04. The number of carbonyl (C=O) groups excluding carboxylic acids is 1. The Kier molecular flexibility index (Phi) is 6.68. The summed E-state index contributed by atoms with van der Waals surface area (Å²) in [6, 6.07) is 17.2. The van der Waals surface area contributed by atoms with Crippen molar-refractivity contribution in [2.75, 3.05) is 31.1 Å². The minimum Gasteiger partial charge on any atom is -0.354 e. The van der Waals surface area contributed by atoms with Crippen LogP contribution in [0.3, 0.4) is 0 Å². The highest BCUT2D eigenvalue weighted by Crippen LogP contribution is 2.30. The predicted octanol–water partition coefficient (Wildman–Crippen LogP) is 5.08. The van der Waals surface area contributed by atoms with Gasteiger partial charge in [0.15, 0.2) is 5.65 Å². The smallest absolute Gasteiger partial charge is 0.253 e. The van der Waals surface area contributed by atoms with Crippen molar-refractivity contribution in [3.63, 3.8) is 0 Å². The summed E-state index contributed by atoms with van der Waals surface area (Å²) in [5.41, 5.74) is 3.38. The Morgan fingerprint density at radius 1 is 0.971 bits per heavy atom. The molecule has 3 heterocycles. The Morgan fingerprint density at radius 3 is 2.49 bits per heavy atom. The molecule has 2 aromatic heterocycles. The normalized spacial score (nSPS) is 14.4. The lowest BCUT2D eigenvalue weighted by Gasteiger charge is -2.24. The van der Waals surface area contributed by atoms with Crippen molar-refractivity contribution < 1.29 is 4.79 Å². The molecule has 0 unspecified atom stereocenters. The Hall–Kier alpha value is -3.45. The van der Waals surface area contributed by atoms with Crippen LogP contribution in [0, 0.1) is 6.92 Å². The summed E-state index contributed by atoms with van der Waals surface area (Å²) in [4.78, 5) is 27.2. The third-order valence-electron chi connectivity index (χ3n) is 6.38. The number of nitrogens with zero attached hydrogens (tertiary/aromatic N) is 6. The Bertz CT molecular complexity index is 1340. The molecule has 7 nitrogen and oxygen atoms in total. The summed E-state index contributed by atoms with van der Waals surface area (Å²) < 4.78 is 1.92. The number of anilines is 1. The van der Waals surface area contributed by atoms with Gasteiger partial charge in [0.25, 0.3) is 5.91 Å². The van der Waals surface area contributed by atoms with Crippen molar-refractivity contribution in [2.45, 2.75) is 33.1 Å². The number of amides is 1. The second-order valence-corrected chi connectivity index (χ2v) is 9.32. The molecule has 0 atom stereocenters. The van der Waals surface area contributed by atoms with E-state index in [4.69, 9.17) is 26.7 Å². The number of rotatable bonds is 5. The molecule has 180 valence electrons. The number of hydrogen-bond donors (Lipinski definition) is 0. The van der Waals surface area contributed by atoms with Crippen LogP contribution in [0.25, 0.3) is 16.7 Å². The quantitative estimate of drug-likeness (QED) is 0.392. The van der Waals surface area contributed by atoms with Crippen LogP contribution < -0.4 is 4.90 Å². The fourth-order valence-electron chi connectivity index (χ4n) is 4.63. The molecule has 0 radical (unpaired) electrons. The molecule has 2 aromatic carbocycles. The van der Waals surface area contributed by atoms with Crippen LogP contribution >= 0.6 is 11.6 Å². The molecule has 1 aliphatic rings. The van der Waals surface area contributed by atoms with Crippen molar-refractivity contribution in [1.82, 2.24) is 24.6 Å². The maximum absolute atomic E-state index is 13.1. The van der Waals surface area contributed by atoms with E-state index in [-0.39, 0.29) is 5.91 Å². The zero-order valence-electron chi connectivity index (χ0n) is 20.1. The molecule has 35 heavy (non-hydrogen) atoms. The lowest BCUT2D eigenvalue weighted by atomic mass is 10.2. The monoisotopic (exact) mass is 488 g/mol. The molecule has 0 bridgehead atoms. The molecule has 0 aliphatic carbocycles. The first-order chi connectivity index (χ1) is 17.0. The summed E-state index contributed by atoms with van der Waals surface area (Å²) in [6.07, 6.45) is 2.63. The van der Waals surface area contributed by atoms with Gasteiger partial charge in [0.1, 0.15) is 11.6 Å². The highest BCUT2D eigenvalue weighted by atomic mass is 35.5. The number of carbonyl (C=O) groups is 1. The van der Waals surface area contributed by atoms with Gasteiger partial charge in [-0.2, -0.15) is 5.10 Å². The Morgan fingerprint density at radius 2 is 1.74 bits per heavy atom. The van der Waals surface area contributed by atoms with Crippen molar-refractivity contribution in [2.24, 2.45) is 0 Å². The first-order valence-electron chi connectivity index (χ1n) is 12.2. The molecule has 0 N–H and O–H groups in total. The highest BCUT2D eigenvalue weighted by Gasteiger charge is 2.25. The first kappa shape index (κ1) is 23.3. The molecular formula is C27H29ClN6O. The highest BCUT2D eigenvalue weighted by molar-refractivity contribution is 6.30. The van der Waals surface area contributed by atoms with E-state index in [1.165, 1.54) is 0 Å². The van der Waals surface area contributed by atoms with Crippen molar-refractivity contribution in [1.29, 1.82) is 0 Å². The number of para-hydroxylation sites is 1. The second-order valence-electron chi connectivity index (χ2n) is 8.88. The van der Waals surface area contributed by atoms with Crippen molar-refractivity contribution in [3.8, 4) is 5.69 Å². The van der Waals surface area contributed by atoms with Crippen LogP contribution in [0.2, 0.25) is 5.02 Å².